The number of hydrogen-bond acceptors (Lipinski definition) is 4. The lowest BCUT2D eigenvalue weighted by Gasteiger charge is -2.15. The molecule has 128 valence electrons. The van der Waals surface area contributed by atoms with Crippen LogP contribution < -0.4 is 10.2 Å². The largest absolute Gasteiger partial charge is 0.371 e. The van der Waals surface area contributed by atoms with Gasteiger partial charge >= 0.3 is 0 Å². The number of amides is 1. The number of nitrogens with one attached hydrogen (secondary N) is 1. The Balaban J connectivity index is 1.52. The third-order valence-electron chi connectivity index (χ3n) is 4.55. The lowest BCUT2D eigenvalue weighted by atomic mass is 10.2. The highest BCUT2D eigenvalue weighted by molar-refractivity contribution is 6.00. The molecule has 7 nitrogen and oxygen atoms in total. The van der Waals surface area contributed by atoms with Gasteiger partial charge in [0.25, 0.3) is 0 Å². The van der Waals surface area contributed by atoms with E-state index in [4.69, 9.17) is 0 Å². The number of benzene rings is 1. The Labute approximate surface area is 145 Å². The van der Waals surface area contributed by atoms with Gasteiger partial charge in [0.05, 0.1) is 35.1 Å². The van der Waals surface area contributed by atoms with Crippen molar-refractivity contribution in [2.24, 2.45) is 7.05 Å². The van der Waals surface area contributed by atoms with Gasteiger partial charge in [0.1, 0.15) is 6.04 Å². The third-order valence-corrected chi connectivity index (χ3v) is 4.55. The number of rotatable bonds is 4. The Morgan fingerprint density at radius 2 is 1.92 bits per heavy atom. The van der Waals surface area contributed by atoms with Crippen molar-refractivity contribution in [1.82, 2.24) is 19.6 Å². The zero-order valence-corrected chi connectivity index (χ0v) is 14.3. The molecular weight excluding hydrogens is 316 g/mol. The van der Waals surface area contributed by atoms with E-state index in [1.165, 1.54) is 0 Å². The van der Waals surface area contributed by atoms with Gasteiger partial charge < -0.3 is 10.2 Å². The summed E-state index contributed by atoms with van der Waals surface area (Å²) in [6.45, 7) is 2.69. The first-order chi connectivity index (χ1) is 12.1. The molecule has 0 aliphatic carbocycles. The summed E-state index contributed by atoms with van der Waals surface area (Å²) < 4.78 is 3.58. The number of carbonyl (C=O) groups is 1. The van der Waals surface area contributed by atoms with Gasteiger partial charge in [0, 0.05) is 19.8 Å². The average Bonchev–Trinajstić information content (AvgIpc) is 3.30. The van der Waals surface area contributed by atoms with Crippen LogP contribution in [-0.2, 0) is 11.8 Å². The highest BCUT2D eigenvalue weighted by Crippen LogP contribution is 2.25. The molecule has 0 spiro atoms. The molecule has 3 aromatic rings. The zero-order valence-electron chi connectivity index (χ0n) is 14.3. The predicted octanol–water partition coefficient (Wildman–Crippen LogP) is 2.13. The Hall–Kier alpha value is -3.09. The van der Waals surface area contributed by atoms with Crippen molar-refractivity contribution in [1.29, 1.82) is 0 Å². The molecule has 0 bridgehead atoms. The van der Waals surface area contributed by atoms with Crippen LogP contribution in [0.2, 0.25) is 0 Å². The average molecular weight is 336 g/mol. The number of para-hydroxylation sites is 1. The fraction of sp³-hybridized carbons (Fsp3) is 0.278. The second-order valence-electron chi connectivity index (χ2n) is 6.24. The maximum absolute atomic E-state index is 12.7. The van der Waals surface area contributed by atoms with Gasteiger partial charge in [-0.25, -0.2) is 4.68 Å². The van der Waals surface area contributed by atoms with E-state index >= 15 is 0 Å². The molecule has 1 amide bonds. The molecule has 1 atom stereocenters. The molecule has 1 aliphatic heterocycles. The molecule has 7 heteroatoms. The maximum Gasteiger partial charge on any atom is 0.249 e. The fourth-order valence-corrected chi connectivity index (χ4v) is 3.19. The van der Waals surface area contributed by atoms with Crippen molar-refractivity contribution in [3.8, 4) is 5.69 Å². The van der Waals surface area contributed by atoms with Crippen LogP contribution >= 0.6 is 0 Å². The minimum absolute atomic E-state index is 0.0693. The monoisotopic (exact) mass is 336 g/mol. The number of aryl methyl sites for hydroxylation is 1. The number of carbonyl (C=O) groups excluding carboxylic acids is 1. The SMILES string of the molecule is Cc1c(N[C@H]2CCN(c3cnn(C)c3)C2=O)cnn1-c1ccccc1. The molecule has 1 N–H and O–H groups in total. The molecule has 1 saturated heterocycles. The molecule has 0 radical (unpaired) electrons. The van der Waals surface area contributed by atoms with Crippen molar-refractivity contribution in [3.63, 3.8) is 0 Å². The number of anilines is 2. The number of nitrogens with zero attached hydrogens (tertiary/aromatic N) is 5. The van der Waals surface area contributed by atoms with E-state index in [2.05, 4.69) is 15.5 Å². The van der Waals surface area contributed by atoms with Crippen LogP contribution in [0.4, 0.5) is 11.4 Å². The first-order valence-corrected chi connectivity index (χ1v) is 8.30. The van der Waals surface area contributed by atoms with E-state index in [-0.39, 0.29) is 11.9 Å². The van der Waals surface area contributed by atoms with Crippen molar-refractivity contribution in [2.45, 2.75) is 19.4 Å². The minimum atomic E-state index is -0.243. The van der Waals surface area contributed by atoms with Crippen LogP contribution in [0.3, 0.4) is 0 Å². The minimum Gasteiger partial charge on any atom is -0.371 e. The van der Waals surface area contributed by atoms with Crippen molar-refractivity contribution >= 4 is 17.3 Å². The van der Waals surface area contributed by atoms with E-state index < -0.39 is 0 Å². The smallest absolute Gasteiger partial charge is 0.249 e. The first-order valence-electron chi connectivity index (χ1n) is 8.30. The van der Waals surface area contributed by atoms with Crippen LogP contribution in [-0.4, -0.2) is 38.1 Å². The Morgan fingerprint density at radius 1 is 1.12 bits per heavy atom. The van der Waals surface area contributed by atoms with Crippen molar-refractivity contribution in [3.05, 3.63) is 54.6 Å². The highest BCUT2D eigenvalue weighted by atomic mass is 16.2. The summed E-state index contributed by atoms with van der Waals surface area (Å²) in [5.74, 6) is 0.0693. The van der Waals surface area contributed by atoms with E-state index in [0.29, 0.717) is 6.54 Å². The fourth-order valence-electron chi connectivity index (χ4n) is 3.19. The Kier molecular flexibility index (Phi) is 3.76. The maximum atomic E-state index is 12.7. The highest BCUT2D eigenvalue weighted by Gasteiger charge is 2.33. The third kappa shape index (κ3) is 2.77. The number of aromatic nitrogens is 4. The quantitative estimate of drug-likeness (QED) is 0.792. The molecule has 3 heterocycles. The molecule has 1 aromatic carbocycles. The van der Waals surface area contributed by atoms with Gasteiger partial charge in [-0.2, -0.15) is 10.2 Å². The molecule has 25 heavy (non-hydrogen) atoms. The summed E-state index contributed by atoms with van der Waals surface area (Å²) in [6.07, 6.45) is 6.12. The Bertz CT molecular complexity index is 897. The molecular formula is C18H20N6O. The summed E-state index contributed by atoms with van der Waals surface area (Å²) in [5, 5.41) is 11.9. The predicted molar refractivity (Wildman–Crippen MR) is 95.9 cm³/mol. The molecule has 0 unspecified atom stereocenters. The summed E-state index contributed by atoms with van der Waals surface area (Å²) in [4.78, 5) is 14.5. The van der Waals surface area contributed by atoms with Crippen LogP contribution in [0.5, 0.6) is 0 Å². The Morgan fingerprint density at radius 3 is 2.64 bits per heavy atom. The number of hydrogen-bond donors (Lipinski definition) is 1. The molecule has 1 aliphatic rings. The van der Waals surface area contributed by atoms with Gasteiger partial charge in [-0.05, 0) is 25.5 Å². The van der Waals surface area contributed by atoms with Gasteiger partial charge in [0.2, 0.25) is 5.91 Å². The van der Waals surface area contributed by atoms with Gasteiger partial charge in [0.15, 0.2) is 0 Å². The molecule has 4 rings (SSSR count). The van der Waals surface area contributed by atoms with E-state index in [1.54, 1.807) is 22.0 Å². The zero-order chi connectivity index (χ0) is 17.4. The summed E-state index contributed by atoms with van der Waals surface area (Å²) >= 11 is 0. The normalized spacial score (nSPS) is 17.3. The van der Waals surface area contributed by atoms with Crippen LogP contribution in [0.15, 0.2) is 48.9 Å². The van der Waals surface area contributed by atoms with E-state index in [1.807, 2.05) is 55.2 Å². The second kappa shape index (κ2) is 6.08. The van der Waals surface area contributed by atoms with Crippen molar-refractivity contribution in [2.75, 3.05) is 16.8 Å². The van der Waals surface area contributed by atoms with Gasteiger partial charge in [-0.1, -0.05) is 18.2 Å². The topological polar surface area (TPSA) is 68.0 Å². The summed E-state index contributed by atoms with van der Waals surface area (Å²) in [7, 11) is 1.85. The van der Waals surface area contributed by atoms with E-state index in [9.17, 15) is 4.79 Å². The standard InChI is InChI=1S/C18H20N6O/c1-13-17(11-20-24(13)14-6-4-3-5-7-14)21-16-8-9-23(18(16)25)15-10-19-22(2)12-15/h3-7,10-12,16,21H,8-9H2,1-2H3/t16-/m0/s1. The summed E-state index contributed by atoms with van der Waals surface area (Å²) in [6, 6.07) is 9.72. The van der Waals surface area contributed by atoms with E-state index in [0.717, 1.165) is 29.2 Å². The van der Waals surface area contributed by atoms with Gasteiger partial charge in [-0.15, -0.1) is 0 Å². The van der Waals surface area contributed by atoms with Crippen LogP contribution in [0, 0.1) is 6.92 Å². The lowest BCUT2D eigenvalue weighted by molar-refractivity contribution is -0.117. The lowest BCUT2D eigenvalue weighted by Crippen LogP contribution is -2.33. The van der Waals surface area contributed by atoms with Crippen LogP contribution in [0.25, 0.3) is 5.69 Å². The van der Waals surface area contributed by atoms with Crippen molar-refractivity contribution < 1.29 is 4.79 Å². The molecule has 1 fully saturated rings. The van der Waals surface area contributed by atoms with Crippen LogP contribution in [0.1, 0.15) is 12.1 Å². The summed E-state index contributed by atoms with van der Waals surface area (Å²) in [5.41, 5.74) is 3.71. The molecule has 0 saturated carbocycles. The first kappa shape index (κ1) is 15.4. The molecule has 2 aromatic heterocycles. The van der Waals surface area contributed by atoms with Gasteiger partial charge in [-0.3, -0.25) is 9.48 Å². The second-order valence-corrected chi connectivity index (χ2v) is 6.24.